The predicted octanol–water partition coefficient (Wildman–Crippen LogP) is 2.71. The summed E-state index contributed by atoms with van der Waals surface area (Å²) in [5.74, 6) is 1.14. The van der Waals surface area contributed by atoms with Gasteiger partial charge in [0.1, 0.15) is 5.78 Å². The van der Waals surface area contributed by atoms with Gasteiger partial charge in [0.2, 0.25) is 0 Å². The molecule has 3 rings (SSSR count). The number of Topliss-reactive ketones (excluding diaryl/α,β-unsaturated/α-hetero) is 1. The van der Waals surface area contributed by atoms with Crippen LogP contribution in [0.4, 0.5) is 0 Å². The van der Waals surface area contributed by atoms with Crippen LogP contribution in [-0.4, -0.2) is 17.5 Å². The standard InChI is InChI=1S/C15H22O2/c1-14(2)6-10-11(7-14)13(17)15(3)5-4-9(8-16)12(10)15/h10-11,16H,4-8H2,1-3H3/t10-,11+,15+/m0/s1. The molecule has 0 aromatic heterocycles. The summed E-state index contributed by atoms with van der Waals surface area (Å²) in [6.07, 6.45) is 4.02. The van der Waals surface area contributed by atoms with E-state index in [-0.39, 0.29) is 17.9 Å². The summed E-state index contributed by atoms with van der Waals surface area (Å²) in [5.41, 5.74) is 2.58. The van der Waals surface area contributed by atoms with E-state index in [2.05, 4.69) is 20.8 Å². The third-order valence-corrected chi connectivity index (χ3v) is 5.38. The van der Waals surface area contributed by atoms with Gasteiger partial charge in [-0.2, -0.15) is 0 Å². The molecular formula is C15H22O2. The van der Waals surface area contributed by atoms with E-state index in [4.69, 9.17) is 0 Å². The van der Waals surface area contributed by atoms with Crippen molar-refractivity contribution in [3.8, 4) is 0 Å². The molecule has 1 N–H and O–H groups in total. The first-order chi connectivity index (χ1) is 7.89. The lowest BCUT2D eigenvalue weighted by Crippen LogP contribution is -2.26. The van der Waals surface area contributed by atoms with Crippen molar-refractivity contribution in [3.05, 3.63) is 11.1 Å². The van der Waals surface area contributed by atoms with E-state index >= 15 is 0 Å². The number of allylic oxidation sites excluding steroid dienone is 1. The zero-order valence-corrected chi connectivity index (χ0v) is 11.0. The molecule has 0 bridgehead atoms. The summed E-state index contributed by atoms with van der Waals surface area (Å²) >= 11 is 0. The highest BCUT2D eigenvalue weighted by Gasteiger charge is 2.60. The van der Waals surface area contributed by atoms with Gasteiger partial charge in [0.25, 0.3) is 0 Å². The van der Waals surface area contributed by atoms with Gasteiger partial charge in [-0.05, 0) is 49.5 Å². The first-order valence-electron chi connectivity index (χ1n) is 6.77. The highest BCUT2D eigenvalue weighted by molar-refractivity contribution is 5.95. The number of hydrogen-bond donors (Lipinski definition) is 1. The second-order valence-electron chi connectivity index (χ2n) is 7.16. The number of rotatable bonds is 1. The minimum Gasteiger partial charge on any atom is -0.392 e. The minimum atomic E-state index is -0.218. The average Bonchev–Trinajstić information content (AvgIpc) is 2.79. The maximum atomic E-state index is 12.6. The van der Waals surface area contributed by atoms with Gasteiger partial charge in [-0.3, -0.25) is 4.79 Å². The van der Waals surface area contributed by atoms with Gasteiger partial charge in [-0.1, -0.05) is 19.4 Å². The van der Waals surface area contributed by atoms with E-state index in [9.17, 15) is 9.90 Å². The van der Waals surface area contributed by atoms with E-state index in [1.165, 1.54) is 11.1 Å². The molecule has 3 atom stereocenters. The Morgan fingerprint density at radius 2 is 1.88 bits per heavy atom. The normalized spacial score (nSPS) is 43.2. The number of hydrogen-bond acceptors (Lipinski definition) is 2. The van der Waals surface area contributed by atoms with Crippen molar-refractivity contribution in [2.45, 2.75) is 46.5 Å². The van der Waals surface area contributed by atoms with Crippen LogP contribution in [0.15, 0.2) is 11.1 Å². The van der Waals surface area contributed by atoms with Crippen molar-refractivity contribution in [2.75, 3.05) is 6.61 Å². The Morgan fingerprint density at radius 1 is 1.24 bits per heavy atom. The lowest BCUT2D eigenvalue weighted by atomic mass is 9.78. The molecule has 0 radical (unpaired) electrons. The molecule has 2 heteroatoms. The quantitative estimate of drug-likeness (QED) is 0.708. The molecule has 2 fully saturated rings. The van der Waals surface area contributed by atoms with E-state index in [1.807, 2.05) is 0 Å². The first kappa shape index (κ1) is 11.5. The van der Waals surface area contributed by atoms with Gasteiger partial charge in [0.05, 0.1) is 6.61 Å². The van der Waals surface area contributed by atoms with Crippen molar-refractivity contribution in [2.24, 2.45) is 22.7 Å². The Morgan fingerprint density at radius 3 is 2.53 bits per heavy atom. The van der Waals surface area contributed by atoms with Crippen LogP contribution in [0.3, 0.4) is 0 Å². The minimum absolute atomic E-state index is 0.155. The fraction of sp³-hybridized carbons (Fsp3) is 0.800. The fourth-order valence-corrected chi connectivity index (χ4v) is 4.70. The zero-order valence-electron chi connectivity index (χ0n) is 11.0. The lowest BCUT2D eigenvalue weighted by Gasteiger charge is -2.25. The number of fused-ring (bicyclic) bond motifs is 3. The molecular weight excluding hydrogens is 212 g/mol. The van der Waals surface area contributed by atoms with Gasteiger partial charge >= 0.3 is 0 Å². The number of carbonyl (C=O) groups excluding carboxylic acids is 1. The van der Waals surface area contributed by atoms with Crippen LogP contribution < -0.4 is 0 Å². The number of carbonyl (C=O) groups is 1. The summed E-state index contributed by atoms with van der Waals surface area (Å²) in [7, 11) is 0. The number of aliphatic hydroxyl groups excluding tert-OH is 1. The van der Waals surface area contributed by atoms with Crippen LogP contribution in [-0.2, 0) is 4.79 Å². The Hall–Kier alpha value is -0.630. The van der Waals surface area contributed by atoms with E-state index in [1.54, 1.807) is 0 Å². The maximum Gasteiger partial charge on any atom is 0.146 e. The van der Waals surface area contributed by atoms with Crippen LogP contribution in [0.25, 0.3) is 0 Å². The molecule has 0 unspecified atom stereocenters. The molecule has 94 valence electrons. The second-order valence-corrected chi connectivity index (χ2v) is 7.16. The Balaban J connectivity index is 2.08. The highest BCUT2D eigenvalue weighted by Crippen LogP contribution is 2.63. The molecule has 2 nitrogen and oxygen atoms in total. The zero-order chi connectivity index (χ0) is 12.4. The molecule has 0 amide bonds. The monoisotopic (exact) mass is 234 g/mol. The highest BCUT2D eigenvalue weighted by atomic mass is 16.3. The molecule has 0 spiro atoms. The molecule has 3 aliphatic carbocycles. The summed E-state index contributed by atoms with van der Waals surface area (Å²) in [5, 5.41) is 9.49. The Kier molecular flexibility index (Phi) is 2.17. The largest absolute Gasteiger partial charge is 0.392 e. The average molecular weight is 234 g/mol. The van der Waals surface area contributed by atoms with Crippen molar-refractivity contribution >= 4 is 5.78 Å². The van der Waals surface area contributed by atoms with E-state index in [0.29, 0.717) is 17.1 Å². The van der Waals surface area contributed by atoms with Crippen LogP contribution >= 0.6 is 0 Å². The SMILES string of the molecule is CC1(C)C[C@@H]2C3=C(CO)CC[C@@]3(C)C(=O)[C@@H]2C1. The summed E-state index contributed by atoms with van der Waals surface area (Å²) < 4.78 is 0. The fourth-order valence-electron chi connectivity index (χ4n) is 4.70. The van der Waals surface area contributed by atoms with Crippen molar-refractivity contribution < 1.29 is 9.90 Å². The first-order valence-corrected chi connectivity index (χ1v) is 6.77. The molecule has 2 saturated carbocycles. The van der Waals surface area contributed by atoms with Gasteiger partial charge < -0.3 is 5.11 Å². The van der Waals surface area contributed by atoms with Gasteiger partial charge in [-0.15, -0.1) is 0 Å². The smallest absolute Gasteiger partial charge is 0.146 e. The van der Waals surface area contributed by atoms with Crippen LogP contribution in [0.5, 0.6) is 0 Å². The van der Waals surface area contributed by atoms with Crippen molar-refractivity contribution in [1.29, 1.82) is 0 Å². The van der Waals surface area contributed by atoms with Crippen LogP contribution in [0, 0.1) is 22.7 Å². The molecule has 0 aromatic rings. The van der Waals surface area contributed by atoms with Crippen LogP contribution in [0.1, 0.15) is 46.5 Å². The summed E-state index contributed by atoms with van der Waals surface area (Å²) in [6.45, 7) is 6.80. The Bertz CT molecular complexity index is 419. The molecule has 0 heterocycles. The van der Waals surface area contributed by atoms with Gasteiger partial charge in [0, 0.05) is 11.3 Å². The molecule has 0 saturated heterocycles. The number of aliphatic hydroxyl groups is 1. The topological polar surface area (TPSA) is 37.3 Å². The maximum absolute atomic E-state index is 12.6. The third-order valence-electron chi connectivity index (χ3n) is 5.38. The van der Waals surface area contributed by atoms with Crippen molar-refractivity contribution in [3.63, 3.8) is 0 Å². The summed E-state index contributed by atoms with van der Waals surface area (Å²) in [4.78, 5) is 12.6. The Labute approximate surface area is 103 Å². The number of ketones is 1. The van der Waals surface area contributed by atoms with Crippen LogP contribution in [0.2, 0.25) is 0 Å². The predicted molar refractivity (Wildman–Crippen MR) is 66.5 cm³/mol. The third kappa shape index (κ3) is 1.33. The summed E-state index contributed by atoms with van der Waals surface area (Å²) in [6, 6.07) is 0. The van der Waals surface area contributed by atoms with E-state index < -0.39 is 0 Å². The second kappa shape index (κ2) is 3.23. The lowest BCUT2D eigenvalue weighted by molar-refractivity contribution is -0.127. The molecule has 3 aliphatic rings. The molecule has 17 heavy (non-hydrogen) atoms. The van der Waals surface area contributed by atoms with Gasteiger partial charge in [-0.25, -0.2) is 0 Å². The van der Waals surface area contributed by atoms with E-state index in [0.717, 1.165) is 25.7 Å². The van der Waals surface area contributed by atoms with Gasteiger partial charge in [0.15, 0.2) is 0 Å². The van der Waals surface area contributed by atoms with Crippen molar-refractivity contribution in [1.82, 2.24) is 0 Å². The molecule has 0 aliphatic heterocycles. The molecule has 0 aromatic carbocycles.